The molecule has 0 aromatic carbocycles. The van der Waals surface area contributed by atoms with Gasteiger partial charge in [0.05, 0.1) is 6.42 Å². The van der Waals surface area contributed by atoms with Gasteiger partial charge in [-0.15, -0.1) is 0 Å². The van der Waals surface area contributed by atoms with E-state index in [1.807, 2.05) is 14.0 Å². The van der Waals surface area contributed by atoms with Crippen molar-refractivity contribution in [1.29, 1.82) is 0 Å². The fraction of sp³-hybridized carbons (Fsp3) is 0.923. The van der Waals surface area contributed by atoms with E-state index >= 15 is 0 Å². The lowest BCUT2D eigenvalue weighted by Crippen LogP contribution is -2.36. The molecule has 1 heterocycles. The maximum atomic E-state index is 10.6. The van der Waals surface area contributed by atoms with Gasteiger partial charge in [0.15, 0.2) is 0 Å². The first-order chi connectivity index (χ1) is 7.99. The van der Waals surface area contributed by atoms with Crippen molar-refractivity contribution in [3.63, 3.8) is 0 Å². The Morgan fingerprint density at radius 2 is 2.29 bits per heavy atom. The number of carboxylic acids is 1. The van der Waals surface area contributed by atoms with Crippen molar-refractivity contribution < 1.29 is 9.90 Å². The normalized spacial score (nSPS) is 23.9. The van der Waals surface area contributed by atoms with Crippen molar-refractivity contribution >= 4 is 5.97 Å². The van der Waals surface area contributed by atoms with Crippen LogP contribution in [0.1, 0.15) is 32.6 Å². The van der Waals surface area contributed by atoms with Gasteiger partial charge in [-0.2, -0.15) is 0 Å². The van der Waals surface area contributed by atoms with E-state index in [4.69, 9.17) is 5.11 Å². The molecule has 1 aliphatic rings. The topological polar surface area (TPSA) is 43.8 Å². The molecule has 100 valence electrons. The third-order valence-electron chi connectivity index (χ3n) is 3.83. The number of likely N-dealkylation sites (tertiary alicyclic amines) is 1. The van der Waals surface area contributed by atoms with E-state index < -0.39 is 5.97 Å². The molecule has 1 N–H and O–H groups in total. The van der Waals surface area contributed by atoms with Gasteiger partial charge in [-0.3, -0.25) is 4.79 Å². The third-order valence-corrected chi connectivity index (χ3v) is 3.83. The molecule has 0 bridgehead atoms. The number of hydrogen-bond donors (Lipinski definition) is 1. The molecule has 2 unspecified atom stereocenters. The number of carbonyl (C=O) groups is 1. The minimum Gasteiger partial charge on any atom is -0.481 e. The number of aliphatic carboxylic acids is 1. The molecular weight excluding hydrogens is 216 g/mol. The first kappa shape index (κ1) is 14.5. The highest BCUT2D eigenvalue weighted by molar-refractivity contribution is 5.67. The second-order valence-corrected chi connectivity index (χ2v) is 5.49. The van der Waals surface area contributed by atoms with Crippen LogP contribution >= 0.6 is 0 Å². The summed E-state index contributed by atoms with van der Waals surface area (Å²) in [6, 6.07) is 0.133. The van der Waals surface area contributed by atoms with E-state index in [0.717, 1.165) is 12.5 Å². The molecule has 0 aromatic heterocycles. The van der Waals surface area contributed by atoms with Crippen LogP contribution in [-0.2, 0) is 4.79 Å². The Labute approximate surface area is 105 Å². The summed E-state index contributed by atoms with van der Waals surface area (Å²) in [5.41, 5.74) is 0. The number of piperidine rings is 1. The van der Waals surface area contributed by atoms with Crippen LogP contribution in [0.5, 0.6) is 0 Å². The summed E-state index contributed by atoms with van der Waals surface area (Å²) >= 11 is 0. The molecule has 0 spiro atoms. The fourth-order valence-corrected chi connectivity index (χ4v) is 2.52. The average molecular weight is 242 g/mol. The maximum absolute atomic E-state index is 10.6. The molecule has 1 saturated heterocycles. The van der Waals surface area contributed by atoms with Gasteiger partial charge in [0.25, 0.3) is 0 Å². The second-order valence-electron chi connectivity index (χ2n) is 5.49. The van der Waals surface area contributed by atoms with E-state index in [0.29, 0.717) is 0 Å². The summed E-state index contributed by atoms with van der Waals surface area (Å²) in [7, 11) is 4.21. The molecule has 0 saturated carbocycles. The van der Waals surface area contributed by atoms with Gasteiger partial charge in [0, 0.05) is 12.6 Å². The SMILES string of the molecule is CC(CC(=O)O)N(C)CCC1CCCN(C)C1. The van der Waals surface area contributed by atoms with Crippen LogP contribution < -0.4 is 0 Å². The lowest BCUT2D eigenvalue weighted by Gasteiger charge is -2.31. The van der Waals surface area contributed by atoms with Gasteiger partial charge in [-0.25, -0.2) is 0 Å². The molecule has 1 rings (SSSR count). The molecule has 1 aliphatic heterocycles. The zero-order chi connectivity index (χ0) is 12.8. The Hall–Kier alpha value is -0.610. The van der Waals surface area contributed by atoms with E-state index in [9.17, 15) is 4.79 Å². The van der Waals surface area contributed by atoms with Crippen molar-refractivity contribution in [3.05, 3.63) is 0 Å². The lowest BCUT2D eigenvalue weighted by atomic mass is 9.95. The summed E-state index contributed by atoms with van der Waals surface area (Å²) in [5, 5.41) is 8.75. The van der Waals surface area contributed by atoms with Gasteiger partial charge in [0.1, 0.15) is 0 Å². The van der Waals surface area contributed by atoms with E-state index in [-0.39, 0.29) is 12.5 Å². The van der Waals surface area contributed by atoms with E-state index in [1.54, 1.807) is 0 Å². The van der Waals surface area contributed by atoms with Crippen LogP contribution in [0.2, 0.25) is 0 Å². The predicted octanol–water partition coefficient (Wildman–Crippen LogP) is 1.51. The molecule has 0 aromatic rings. The molecule has 0 radical (unpaired) electrons. The molecule has 0 amide bonds. The second kappa shape index (κ2) is 6.97. The molecule has 4 heteroatoms. The number of hydrogen-bond acceptors (Lipinski definition) is 3. The Bertz CT molecular complexity index is 246. The minimum absolute atomic E-state index is 0.133. The van der Waals surface area contributed by atoms with E-state index in [2.05, 4.69) is 16.8 Å². The number of rotatable bonds is 6. The van der Waals surface area contributed by atoms with Gasteiger partial charge in [0.2, 0.25) is 0 Å². The Kier molecular flexibility index (Phi) is 5.92. The van der Waals surface area contributed by atoms with Crippen LogP contribution in [0, 0.1) is 5.92 Å². The largest absolute Gasteiger partial charge is 0.481 e. The summed E-state index contributed by atoms with van der Waals surface area (Å²) in [6.45, 7) is 5.41. The van der Waals surface area contributed by atoms with Crippen LogP contribution in [0.15, 0.2) is 0 Å². The highest BCUT2D eigenvalue weighted by Crippen LogP contribution is 2.19. The predicted molar refractivity (Wildman–Crippen MR) is 69.2 cm³/mol. The average Bonchev–Trinajstić information content (AvgIpc) is 2.25. The van der Waals surface area contributed by atoms with Gasteiger partial charge in [-0.1, -0.05) is 0 Å². The summed E-state index contributed by atoms with van der Waals surface area (Å²) < 4.78 is 0. The fourth-order valence-electron chi connectivity index (χ4n) is 2.52. The molecular formula is C13H26N2O2. The summed E-state index contributed by atoms with van der Waals surface area (Å²) in [6.07, 6.45) is 4.05. The Morgan fingerprint density at radius 1 is 1.59 bits per heavy atom. The zero-order valence-electron chi connectivity index (χ0n) is 11.4. The van der Waals surface area contributed by atoms with Crippen molar-refractivity contribution in [1.82, 2.24) is 9.80 Å². The zero-order valence-corrected chi connectivity index (χ0v) is 11.4. The van der Waals surface area contributed by atoms with Crippen molar-refractivity contribution in [2.45, 2.75) is 38.6 Å². The minimum atomic E-state index is -0.707. The van der Waals surface area contributed by atoms with E-state index in [1.165, 1.54) is 32.4 Å². The maximum Gasteiger partial charge on any atom is 0.304 e. The summed E-state index contributed by atoms with van der Waals surface area (Å²) in [5.74, 6) is 0.0787. The van der Waals surface area contributed by atoms with Gasteiger partial charge >= 0.3 is 5.97 Å². The smallest absolute Gasteiger partial charge is 0.304 e. The standard InChI is InChI=1S/C13H26N2O2/c1-11(9-13(16)17)15(3)8-6-12-5-4-7-14(2)10-12/h11-12H,4-10H2,1-3H3,(H,16,17). The lowest BCUT2D eigenvalue weighted by molar-refractivity contribution is -0.138. The van der Waals surface area contributed by atoms with Crippen molar-refractivity contribution in [2.24, 2.45) is 5.92 Å². The quantitative estimate of drug-likeness (QED) is 0.767. The van der Waals surface area contributed by atoms with Crippen LogP contribution in [-0.4, -0.2) is 60.6 Å². The van der Waals surface area contributed by atoms with Crippen molar-refractivity contribution in [3.8, 4) is 0 Å². The van der Waals surface area contributed by atoms with Gasteiger partial charge < -0.3 is 14.9 Å². The third kappa shape index (κ3) is 5.50. The summed E-state index contributed by atoms with van der Waals surface area (Å²) in [4.78, 5) is 15.2. The van der Waals surface area contributed by atoms with Gasteiger partial charge in [-0.05, 0) is 59.3 Å². The highest BCUT2D eigenvalue weighted by Gasteiger charge is 2.19. The molecule has 0 aliphatic carbocycles. The Balaban J connectivity index is 2.22. The molecule has 1 fully saturated rings. The number of carboxylic acid groups (broad SMARTS) is 1. The van der Waals surface area contributed by atoms with Crippen LogP contribution in [0.25, 0.3) is 0 Å². The first-order valence-electron chi connectivity index (χ1n) is 6.59. The Morgan fingerprint density at radius 3 is 2.88 bits per heavy atom. The van der Waals surface area contributed by atoms with Crippen LogP contribution in [0.3, 0.4) is 0 Å². The van der Waals surface area contributed by atoms with Crippen LogP contribution in [0.4, 0.5) is 0 Å². The monoisotopic (exact) mass is 242 g/mol. The van der Waals surface area contributed by atoms with Crippen molar-refractivity contribution in [2.75, 3.05) is 33.7 Å². The first-order valence-corrected chi connectivity index (χ1v) is 6.59. The molecule has 17 heavy (non-hydrogen) atoms. The highest BCUT2D eigenvalue weighted by atomic mass is 16.4. The molecule has 2 atom stereocenters. The molecule has 4 nitrogen and oxygen atoms in total. The number of nitrogens with zero attached hydrogens (tertiary/aromatic N) is 2.